The van der Waals surface area contributed by atoms with Crippen molar-refractivity contribution in [3.05, 3.63) is 82.7 Å². The highest BCUT2D eigenvalue weighted by Crippen LogP contribution is 2.24. The van der Waals surface area contributed by atoms with Crippen LogP contribution in [0.15, 0.2) is 60.5 Å². The van der Waals surface area contributed by atoms with Crippen LogP contribution < -0.4 is 5.32 Å². The number of rotatable bonds is 5. The average Bonchev–Trinajstić information content (AvgIpc) is 3.46. The van der Waals surface area contributed by atoms with Gasteiger partial charge < -0.3 is 9.88 Å². The summed E-state index contributed by atoms with van der Waals surface area (Å²) in [7, 11) is 0. The van der Waals surface area contributed by atoms with Crippen LogP contribution >= 0.6 is 11.3 Å². The highest BCUT2D eigenvalue weighted by molar-refractivity contribution is 7.09. The Kier molecular flexibility index (Phi) is 4.79. The summed E-state index contributed by atoms with van der Waals surface area (Å²) in [5, 5.41) is 5.95. The Labute approximate surface area is 182 Å². The second-order valence-corrected chi connectivity index (χ2v) is 8.16. The molecule has 0 bridgehead atoms. The fourth-order valence-corrected chi connectivity index (χ4v) is 4.05. The summed E-state index contributed by atoms with van der Waals surface area (Å²) >= 11 is 1.63. The van der Waals surface area contributed by atoms with Crippen molar-refractivity contribution in [3.63, 3.8) is 0 Å². The van der Waals surface area contributed by atoms with E-state index < -0.39 is 0 Å². The van der Waals surface area contributed by atoms with Crippen molar-refractivity contribution < 1.29 is 4.79 Å². The predicted molar refractivity (Wildman–Crippen MR) is 119 cm³/mol. The van der Waals surface area contributed by atoms with Crippen molar-refractivity contribution in [1.82, 2.24) is 28.9 Å². The monoisotopic (exact) mass is 429 g/mol. The summed E-state index contributed by atoms with van der Waals surface area (Å²) in [5.41, 5.74) is 3.36. The zero-order valence-corrected chi connectivity index (χ0v) is 17.8. The summed E-state index contributed by atoms with van der Waals surface area (Å²) in [6.07, 6.45) is 7.10. The Bertz CT molecular complexity index is 1380. The Morgan fingerprint density at radius 3 is 2.81 bits per heavy atom. The van der Waals surface area contributed by atoms with Gasteiger partial charge in [-0.2, -0.15) is 0 Å². The van der Waals surface area contributed by atoms with E-state index in [4.69, 9.17) is 4.98 Å². The minimum absolute atomic E-state index is 0.294. The van der Waals surface area contributed by atoms with E-state index in [2.05, 4.69) is 25.6 Å². The number of pyridine rings is 2. The molecule has 0 saturated carbocycles. The molecule has 0 aliphatic heterocycles. The maximum absolute atomic E-state index is 12.9. The van der Waals surface area contributed by atoms with Gasteiger partial charge >= 0.3 is 0 Å². The second-order valence-electron chi connectivity index (χ2n) is 7.09. The van der Waals surface area contributed by atoms with Crippen LogP contribution in [0, 0.1) is 13.8 Å². The minimum atomic E-state index is -0.294. The van der Waals surface area contributed by atoms with Crippen molar-refractivity contribution in [2.24, 2.45) is 0 Å². The van der Waals surface area contributed by atoms with Gasteiger partial charge in [-0.3, -0.25) is 14.2 Å². The Morgan fingerprint density at radius 1 is 1.13 bits per heavy atom. The number of carbonyl (C=O) groups is 1. The smallest absolute Gasteiger partial charge is 0.276 e. The molecule has 0 spiro atoms. The molecule has 0 fully saturated rings. The molecule has 5 aromatic rings. The number of imidazole rings is 2. The van der Waals surface area contributed by atoms with E-state index in [1.54, 1.807) is 35.9 Å². The molecule has 5 rings (SSSR count). The maximum Gasteiger partial charge on any atom is 0.276 e. The third-order valence-corrected chi connectivity index (χ3v) is 5.71. The van der Waals surface area contributed by atoms with Gasteiger partial charge in [-0.15, -0.1) is 11.3 Å². The lowest BCUT2D eigenvalue weighted by atomic mass is 10.3. The maximum atomic E-state index is 12.9. The van der Waals surface area contributed by atoms with Gasteiger partial charge in [0.2, 0.25) is 0 Å². The zero-order valence-electron chi connectivity index (χ0n) is 17.0. The van der Waals surface area contributed by atoms with Gasteiger partial charge in [0.25, 0.3) is 5.91 Å². The molecule has 0 radical (unpaired) electrons. The van der Waals surface area contributed by atoms with Crippen molar-refractivity contribution in [2.45, 2.75) is 20.4 Å². The first kappa shape index (κ1) is 19.1. The number of hydrogen-bond acceptors (Lipinski definition) is 6. The molecule has 0 aliphatic rings. The topological polar surface area (TPSA) is 90.0 Å². The molecule has 5 aromatic heterocycles. The van der Waals surface area contributed by atoms with E-state index in [0.717, 1.165) is 16.5 Å². The summed E-state index contributed by atoms with van der Waals surface area (Å²) in [4.78, 5) is 30.9. The lowest BCUT2D eigenvalue weighted by Crippen LogP contribution is -2.12. The van der Waals surface area contributed by atoms with E-state index in [9.17, 15) is 4.79 Å². The van der Waals surface area contributed by atoms with Crippen molar-refractivity contribution >= 4 is 28.4 Å². The van der Waals surface area contributed by atoms with Gasteiger partial charge in [-0.25, -0.2) is 15.0 Å². The molecule has 8 nitrogen and oxygen atoms in total. The molecule has 1 amide bonds. The fourth-order valence-electron chi connectivity index (χ4n) is 3.44. The lowest BCUT2D eigenvalue weighted by molar-refractivity contribution is 0.102. The van der Waals surface area contributed by atoms with Gasteiger partial charge in [-0.1, -0.05) is 6.07 Å². The van der Waals surface area contributed by atoms with Gasteiger partial charge in [-0.05, 0) is 38.1 Å². The minimum Gasteiger partial charge on any atom is -0.328 e. The largest absolute Gasteiger partial charge is 0.328 e. The van der Waals surface area contributed by atoms with Crippen LogP contribution in [0.4, 0.5) is 5.69 Å². The molecular formula is C22H19N7OS. The number of aromatic nitrogens is 6. The number of fused-ring (bicyclic) bond motifs is 1. The van der Waals surface area contributed by atoms with Crippen LogP contribution in [0.1, 0.15) is 27.0 Å². The van der Waals surface area contributed by atoms with E-state index >= 15 is 0 Å². The number of anilines is 1. The Balaban J connectivity index is 1.52. The predicted octanol–water partition coefficient (Wildman–Crippen LogP) is 3.97. The van der Waals surface area contributed by atoms with Crippen molar-refractivity contribution in [1.29, 1.82) is 0 Å². The van der Waals surface area contributed by atoms with E-state index in [-0.39, 0.29) is 5.91 Å². The number of aryl methyl sites for hydroxylation is 2. The first-order chi connectivity index (χ1) is 15.1. The van der Waals surface area contributed by atoms with E-state index in [1.165, 1.54) is 0 Å². The molecule has 154 valence electrons. The molecule has 0 unspecified atom stereocenters. The van der Waals surface area contributed by atoms with Crippen LogP contribution in [0.25, 0.3) is 17.0 Å². The van der Waals surface area contributed by atoms with Gasteiger partial charge in [0, 0.05) is 24.0 Å². The lowest BCUT2D eigenvalue weighted by Gasteiger charge is -2.02. The van der Waals surface area contributed by atoms with Crippen LogP contribution in [0.5, 0.6) is 0 Å². The van der Waals surface area contributed by atoms with Gasteiger partial charge in [0.05, 0.1) is 34.6 Å². The average molecular weight is 430 g/mol. The molecule has 9 heteroatoms. The standard InChI is InChI=1S/C22H19N7OS/c1-14-24-18(12-28(14)11-17-13-31-15(2)25-17)21-27-20(19-7-3-4-9-29(19)21)22(30)26-16-6-5-8-23-10-16/h3-10,12-13H,11H2,1-2H3,(H,26,30). The van der Waals surface area contributed by atoms with Gasteiger partial charge in [0.15, 0.2) is 11.5 Å². The second kappa shape index (κ2) is 7.77. The third kappa shape index (κ3) is 3.71. The fraction of sp³-hybridized carbons (Fsp3) is 0.136. The first-order valence-corrected chi connectivity index (χ1v) is 10.6. The molecule has 0 aliphatic carbocycles. The van der Waals surface area contributed by atoms with Crippen LogP contribution in [-0.2, 0) is 6.54 Å². The zero-order chi connectivity index (χ0) is 21.4. The number of nitrogens with zero attached hydrogens (tertiary/aromatic N) is 6. The molecule has 1 N–H and O–H groups in total. The first-order valence-electron chi connectivity index (χ1n) is 9.72. The summed E-state index contributed by atoms with van der Waals surface area (Å²) in [6, 6.07) is 9.22. The molecular weight excluding hydrogens is 410 g/mol. The van der Waals surface area contributed by atoms with Crippen LogP contribution in [0.3, 0.4) is 0 Å². The van der Waals surface area contributed by atoms with E-state index in [0.29, 0.717) is 35.0 Å². The molecule has 5 heterocycles. The van der Waals surface area contributed by atoms with Crippen molar-refractivity contribution in [3.8, 4) is 11.5 Å². The Hall–Kier alpha value is -3.85. The third-order valence-electron chi connectivity index (χ3n) is 4.89. The summed E-state index contributed by atoms with van der Waals surface area (Å²) < 4.78 is 3.93. The number of hydrogen-bond donors (Lipinski definition) is 1. The highest BCUT2D eigenvalue weighted by Gasteiger charge is 2.20. The van der Waals surface area contributed by atoms with Crippen LogP contribution in [0.2, 0.25) is 0 Å². The Morgan fingerprint density at radius 2 is 2.03 bits per heavy atom. The number of nitrogens with one attached hydrogen (secondary N) is 1. The highest BCUT2D eigenvalue weighted by atomic mass is 32.1. The summed E-state index contributed by atoms with van der Waals surface area (Å²) in [6.45, 7) is 4.59. The number of amides is 1. The van der Waals surface area contributed by atoms with Crippen LogP contribution in [-0.4, -0.2) is 34.8 Å². The normalized spacial score (nSPS) is 11.2. The molecule has 0 saturated heterocycles. The number of carbonyl (C=O) groups excluding carboxylic acids is 1. The number of thiazole rings is 1. The van der Waals surface area contributed by atoms with Crippen molar-refractivity contribution in [2.75, 3.05) is 5.32 Å². The quantitative estimate of drug-likeness (QED) is 0.457. The van der Waals surface area contributed by atoms with E-state index in [1.807, 2.05) is 53.4 Å². The summed E-state index contributed by atoms with van der Waals surface area (Å²) in [5.74, 6) is 1.18. The molecule has 0 atom stereocenters. The SMILES string of the molecule is Cc1nc(Cn2cc(-c3nc(C(=O)Nc4cccnc4)c4ccccn34)nc2C)cs1. The molecule has 31 heavy (non-hydrogen) atoms. The molecule has 0 aromatic carbocycles. The van der Waals surface area contributed by atoms with Gasteiger partial charge in [0.1, 0.15) is 11.5 Å².